The molecule has 0 atom stereocenters. The van der Waals surface area contributed by atoms with E-state index in [2.05, 4.69) is 29.1 Å². The third-order valence-corrected chi connectivity index (χ3v) is 5.89. The van der Waals surface area contributed by atoms with Crippen molar-refractivity contribution in [2.45, 2.75) is 32.6 Å². The normalized spacial score (nSPS) is 14.9. The fourth-order valence-corrected chi connectivity index (χ4v) is 4.08. The summed E-state index contributed by atoms with van der Waals surface area (Å²) in [6.07, 6.45) is 5.34. The Bertz CT molecular complexity index is 1220. The number of carbonyl (C=O) groups is 1. The average Bonchev–Trinajstić information content (AvgIpc) is 3.45. The van der Waals surface area contributed by atoms with E-state index >= 15 is 0 Å². The topological polar surface area (TPSA) is 70.2 Å². The molecule has 5 rings (SSSR count). The first-order chi connectivity index (χ1) is 15.2. The molecule has 0 unspecified atom stereocenters. The number of fused-ring (bicyclic) bond motifs is 1. The fourth-order valence-electron chi connectivity index (χ4n) is 4.08. The number of Topliss-reactive ketones (excluding diaryl/α,β-unsaturated/α-hetero) is 1. The van der Waals surface area contributed by atoms with Crippen molar-refractivity contribution in [1.82, 2.24) is 14.8 Å². The summed E-state index contributed by atoms with van der Waals surface area (Å²) in [5, 5.41) is 4.67. The zero-order chi connectivity index (χ0) is 21.2. The summed E-state index contributed by atoms with van der Waals surface area (Å²) in [6.45, 7) is 3.67. The van der Waals surface area contributed by atoms with E-state index in [1.165, 1.54) is 5.56 Å². The molecule has 1 saturated heterocycles. The lowest BCUT2D eigenvalue weighted by molar-refractivity contribution is 0.0617. The minimum atomic E-state index is 0.0341. The summed E-state index contributed by atoms with van der Waals surface area (Å²) in [7, 11) is 0. The second-order valence-corrected chi connectivity index (χ2v) is 8.20. The summed E-state index contributed by atoms with van der Waals surface area (Å²) < 4.78 is 12.9. The maximum atomic E-state index is 12.6. The zero-order valence-corrected chi connectivity index (χ0v) is 17.6. The standard InChI is InChI=1S/C25H25N3O3/c1-17-3-2-4-19(15-17)20-9-12-28(27-20)25-8-7-23-21(26-25)16-24(31-23)22(29)6-5-18-10-13-30-14-11-18/h2-4,7-9,12,15-16,18H,5-6,10-11,13-14H2,1H3. The SMILES string of the molecule is Cc1cccc(-c2ccn(-c3ccc4oc(C(=O)CCC5CCOCC5)cc4n3)n2)c1. The molecular weight excluding hydrogens is 390 g/mol. The summed E-state index contributed by atoms with van der Waals surface area (Å²) >= 11 is 0. The molecule has 0 bridgehead atoms. The van der Waals surface area contributed by atoms with Crippen LogP contribution in [-0.2, 0) is 4.74 Å². The van der Waals surface area contributed by atoms with E-state index in [1.54, 1.807) is 10.7 Å². The van der Waals surface area contributed by atoms with Gasteiger partial charge in [0.15, 0.2) is 22.9 Å². The van der Waals surface area contributed by atoms with E-state index in [-0.39, 0.29) is 5.78 Å². The number of aryl methyl sites for hydroxylation is 1. The summed E-state index contributed by atoms with van der Waals surface area (Å²) in [5.41, 5.74) is 4.44. The number of pyridine rings is 1. The van der Waals surface area contributed by atoms with Gasteiger partial charge in [-0.15, -0.1) is 0 Å². The van der Waals surface area contributed by atoms with Gasteiger partial charge in [0.25, 0.3) is 0 Å². The summed E-state index contributed by atoms with van der Waals surface area (Å²) in [5.74, 6) is 1.67. The van der Waals surface area contributed by atoms with E-state index in [9.17, 15) is 4.79 Å². The molecule has 0 radical (unpaired) electrons. The van der Waals surface area contributed by atoms with Crippen LogP contribution in [0.5, 0.6) is 0 Å². The van der Waals surface area contributed by atoms with Crippen molar-refractivity contribution in [2.75, 3.05) is 13.2 Å². The molecule has 0 saturated carbocycles. The number of hydrogen-bond acceptors (Lipinski definition) is 5. The van der Waals surface area contributed by atoms with Gasteiger partial charge in [-0.05, 0) is 56.4 Å². The van der Waals surface area contributed by atoms with Crippen molar-refractivity contribution in [3.05, 3.63) is 66.1 Å². The average molecular weight is 415 g/mol. The van der Waals surface area contributed by atoms with E-state index in [0.29, 0.717) is 35.0 Å². The van der Waals surface area contributed by atoms with Crippen LogP contribution in [0.4, 0.5) is 0 Å². The van der Waals surface area contributed by atoms with Gasteiger partial charge in [-0.2, -0.15) is 5.10 Å². The minimum Gasteiger partial charge on any atom is -0.451 e. The highest BCUT2D eigenvalue weighted by Crippen LogP contribution is 2.25. The van der Waals surface area contributed by atoms with Crippen molar-refractivity contribution in [1.29, 1.82) is 0 Å². The Morgan fingerprint density at radius 3 is 2.84 bits per heavy atom. The Morgan fingerprint density at radius 2 is 2.00 bits per heavy atom. The van der Waals surface area contributed by atoms with E-state index in [1.807, 2.05) is 36.5 Å². The molecule has 0 N–H and O–H groups in total. The van der Waals surface area contributed by atoms with Crippen LogP contribution in [0, 0.1) is 12.8 Å². The molecule has 0 amide bonds. The Hall–Kier alpha value is -3.25. The number of ether oxygens (including phenoxy) is 1. The number of aromatic nitrogens is 3. The Labute approximate surface area is 180 Å². The molecule has 6 heteroatoms. The van der Waals surface area contributed by atoms with E-state index in [0.717, 1.165) is 43.7 Å². The fraction of sp³-hybridized carbons (Fsp3) is 0.320. The van der Waals surface area contributed by atoms with Gasteiger partial charge in [0, 0.05) is 37.5 Å². The van der Waals surface area contributed by atoms with Crippen LogP contribution in [0.2, 0.25) is 0 Å². The second kappa shape index (κ2) is 8.47. The van der Waals surface area contributed by atoms with Gasteiger partial charge < -0.3 is 9.15 Å². The van der Waals surface area contributed by atoms with Crippen LogP contribution in [0.15, 0.2) is 59.1 Å². The van der Waals surface area contributed by atoms with Crippen LogP contribution in [0.25, 0.3) is 28.2 Å². The predicted molar refractivity (Wildman–Crippen MR) is 118 cm³/mol. The van der Waals surface area contributed by atoms with Gasteiger partial charge in [-0.1, -0.05) is 23.8 Å². The molecule has 1 aliphatic heterocycles. The highest BCUT2D eigenvalue weighted by Gasteiger charge is 2.18. The monoisotopic (exact) mass is 415 g/mol. The number of ketones is 1. The molecule has 0 spiro atoms. The van der Waals surface area contributed by atoms with E-state index < -0.39 is 0 Å². The Morgan fingerprint density at radius 1 is 1.13 bits per heavy atom. The lowest BCUT2D eigenvalue weighted by Gasteiger charge is -2.21. The number of carbonyl (C=O) groups excluding carboxylic acids is 1. The number of nitrogens with zero attached hydrogens (tertiary/aromatic N) is 3. The lowest BCUT2D eigenvalue weighted by atomic mass is 9.93. The predicted octanol–water partition coefficient (Wildman–Crippen LogP) is 5.38. The van der Waals surface area contributed by atoms with Gasteiger partial charge in [-0.3, -0.25) is 4.79 Å². The zero-order valence-electron chi connectivity index (χ0n) is 17.6. The quantitative estimate of drug-likeness (QED) is 0.396. The van der Waals surface area contributed by atoms with Gasteiger partial charge in [0.2, 0.25) is 0 Å². The van der Waals surface area contributed by atoms with Crippen LogP contribution in [0.3, 0.4) is 0 Å². The van der Waals surface area contributed by atoms with Gasteiger partial charge in [-0.25, -0.2) is 9.67 Å². The molecule has 158 valence electrons. The highest BCUT2D eigenvalue weighted by atomic mass is 16.5. The van der Waals surface area contributed by atoms with Crippen molar-refractivity contribution < 1.29 is 13.9 Å². The molecule has 1 fully saturated rings. The molecule has 31 heavy (non-hydrogen) atoms. The molecule has 1 aromatic carbocycles. The molecule has 0 aliphatic carbocycles. The second-order valence-electron chi connectivity index (χ2n) is 8.20. The van der Waals surface area contributed by atoms with Crippen molar-refractivity contribution in [2.24, 2.45) is 5.92 Å². The molecule has 4 heterocycles. The minimum absolute atomic E-state index is 0.0341. The molecule has 6 nitrogen and oxygen atoms in total. The first-order valence-corrected chi connectivity index (χ1v) is 10.8. The van der Waals surface area contributed by atoms with Crippen molar-refractivity contribution in [3.8, 4) is 17.1 Å². The number of hydrogen-bond donors (Lipinski definition) is 0. The molecular formula is C25H25N3O3. The van der Waals surface area contributed by atoms with Crippen LogP contribution >= 0.6 is 0 Å². The Kier molecular flexibility index (Phi) is 5.38. The first kappa shape index (κ1) is 19.7. The van der Waals surface area contributed by atoms with Gasteiger partial charge in [0.1, 0.15) is 5.52 Å². The van der Waals surface area contributed by atoms with Crippen LogP contribution in [-0.4, -0.2) is 33.8 Å². The molecule has 3 aromatic heterocycles. The van der Waals surface area contributed by atoms with Crippen LogP contribution < -0.4 is 0 Å². The van der Waals surface area contributed by atoms with Gasteiger partial charge >= 0.3 is 0 Å². The maximum absolute atomic E-state index is 12.6. The summed E-state index contributed by atoms with van der Waals surface area (Å²) in [6, 6.07) is 15.7. The smallest absolute Gasteiger partial charge is 0.198 e. The van der Waals surface area contributed by atoms with Crippen molar-refractivity contribution in [3.63, 3.8) is 0 Å². The lowest BCUT2D eigenvalue weighted by Crippen LogP contribution is -2.16. The number of rotatable bonds is 6. The summed E-state index contributed by atoms with van der Waals surface area (Å²) in [4.78, 5) is 17.3. The van der Waals surface area contributed by atoms with Crippen molar-refractivity contribution >= 4 is 16.9 Å². The van der Waals surface area contributed by atoms with Gasteiger partial charge in [0.05, 0.1) is 5.69 Å². The maximum Gasteiger partial charge on any atom is 0.198 e. The third kappa shape index (κ3) is 4.30. The number of furan rings is 1. The largest absolute Gasteiger partial charge is 0.451 e. The number of benzene rings is 1. The molecule has 1 aliphatic rings. The first-order valence-electron chi connectivity index (χ1n) is 10.8. The van der Waals surface area contributed by atoms with E-state index in [4.69, 9.17) is 9.15 Å². The highest BCUT2D eigenvalue weighted by molar-refractivity contribution is 5.96. The third-order valence-electron chi connectivity index (χ3n) is 5.89. The molecule has 4 aromatic rings. The van der Waals surface area contributed by atoms with Crippen LogP contribution in [0.1, 0.15) is 41.8 Å². The Balaban J connectivity index is 1.33.